The Kier molecular flexibility index (Phi) is 4.50. The van der Waals surface area contributed by atoms with Crippen LogP contribution in [0.4, 0.5) is 5.88 Å². The average Bonchev–Trinajstić information content (AvgIpc) is 2.96. The molecule has 1 amide bonds. The van der Waals surface area contributed by atoms with Gasteiger partial charge >= 0.3 is 5.88 Å². The van der Waals surface area contributed by atoms with E-state index in [9.17, 15) is 23.3 Å². The summed E-state index contributed by atoms with van der Waals surface area (Å²) < 4.78 is 27.6. The van der Waals surface area contributed by atoms with Gasteiger partial charge in [-0.2, -0.15) is 0 Å². The number of nitrogens with zero attached hydrogens (tertiary/aromatic N) is 1. The first kappa shape index (κ1) is 16.7. The predicted octanol–water partition coefficient (Wildman–Crippen LogP) is 2.08. The summed E-state index contributed by atoms with van der Waals surface area (Å²) in [6.07, 6.45) is 1.11. The molecule has 122 valence electrons. The van der Waals surface area contributed by atoms with E-state index in [4.69, 9.17) is 4.42 Å². The Morgan fingerprint density at radius 2 is 1.83 bits per heavy atom. The Hall–Kier alpha value is -2.68. The highest BCUT2D eigenvalue weighted by Gasteiger charge is 2.19. The topological polar surface area (TPSA) is 120 Å². The first-order valence-electron chi connectivity index (χ1n) is 6.53. The standard InChI is InChI=1S/C14H14N2O6S/c1-9(10-3-5-11(6-4-10)23(2,20)21)15-14(17)12-7-8-13(22-12)16(18)19/h3-9H,1-2H3,(H,15,17). The maximum Gasteiger partial charge on any atom is 0.433 e. The molecule has 8 nitrogen and oxygen atoms in total. The molecule has 9 heteroatoms. The molecule has 1 N–H and O–H groups in total. The monoisotopic (exact) mass is 338 g/mol. The number of hydrogen-bond acceptors (Lipinski definition) is 6. The number of benzene rings is 1. The lowest BCUT2D eigenvalue weighted by atomic mass is 10.1. The molecule has 0 spiro atoms. The van der Waals surface area contributed by atoms with Gasteiger partial charge in [-0.05, 0) is 30.7 Å². The maximum atomic E-state index is 12.0. The summed E-state index contributed by atoms with van der Waals surface area (Å²) >= 11 is 0. The van der Waals surface area contributed by atoms with Gasteiger partial charge in [-0.15, -0.1) is 0 Å². The van der Waals surface area contributed by atoms with Crippen LogP contribution in [0.15, 0.2) is 45.7 Å². The quantitative estimate of drug-likeness (QED) is 0.658. The van der Waals surface area contributed by atoms with Gasteiger partial charge in [0, 0.05) is 6.26 Å². The lowest BCUT2D eigenvalue weighted by molar-refractivity contribution is -0.402. The lowest BCUT2D eigenvalue weighted by Gasteiger charge is -2.13. The van der Waals surface area contributed by atoms with Gasteiger partial charge in [0.05, 0.1) is 17.0 Å². The maximum absolute atomic E-state index is 12.0. The summed E-state index contributed by atoms with van der Waals surface area (Å²) in [5.41, 5.74) is 0.687. The van der Waals surface area contributed by atoms with Crippen molar-refractivity contribution in [3.05, 3.63) is 57.8 Å². The van der Waals surface area contributed by atoms with Crippen molar-refractivity contribution >= 4 is 21.6 Å². The van der Waals surface area contributed by atoms with E-state index >= 15 is 0 Å². The van der Waals surface area contributed by atoms with Crippen molar-refractivity contribution in [1.29, 1.82) is 0 Å². The minimum absolute atomic E-state index is 0.170. The van der Waals surface area contributed by atoms with Crippen LogP contribution in [-0.2, 0) is 9.84 Å². The molecule has 1 heterocycles. The van der Waals surface area contributed by atoms with Gasteiger partial charge in [-0.1, -0.05) is 12.1 Å². The van der Waals surface area contributed by atoms with Crippen LogP contribution < -0.4 is 5.32 Å². The zero-order valence-electron chi connectivity index (χ0n) is 12.3. The van der Waals surface area contributed by atoms with Crippen LogP contribution in [-0.4, -0.2) is 25.5 Å². The summed E-state index contributed by atoms with van der Waals surface area (Å²) in [6.45, 7) is 1.70. The molecule has 0 aliphatic rings. The molecule has 0 saturated carbocycles. The van der Waals surface area contributed by atoms with E-state index in [2.05, 4.69) is 5.32 Å². The number of rotatable bonds is 5. The Morgan fingerprint density at radius 3 is 2.30 bits per heavy atom. The number of amides is 1. The highest BCUT2D eigenvalue weighted by molar-refractivity contribution is 7.90. The van der Waals surface area contributed by atoms with E-state index in [1.54, 1.807) is 19.1 Å². The molecule has 1 unspecified atom stereocenters. The first-order valence-corrected chi connectivity index (χ1v) is 8.42. The van der Waals surface area contributed by atoms with E-state index < -0.39 is 32.6 Å². The van der Waals surface area contributed by atoms with Crippen molar-refractivity contribution in [2.75, 3.05) is 6.26 Å². The molecule has 0 fully saturated rings. The molecule has 23 heavy (non-hydrogen) atoms. The molecular formula is C14H14N2O6S. The fraction of sp³-hybridized carbons (Fsp3) is 0.214. The van der Waals surface area contributed by atoms with Crippen LogP contribution in [0.25, 0.3) is 0 Å². The van der Waals surface area contributed by atoms with Gasteiger partial charge in [-0.25, -0.2) is 8.42 Å². The third-order valence-electron chi connectivity index (χ3n) is 3.15. The SMILES string of the molecule is CC(NC(=O)c1ccc([N+](=O)[O-])o1)c1ccc(S(C)(=O)=O)cc1. The minimum Gasteiger partial charge on any atom is -0.395 e. The van der Waals surface area contributed by atoms with Crippen molar-refractivity contribution < 1.29 is 22.6 Å². The Labute approximate surface area is 132 Å². The molecule has 1 aromatic carbocycles. The number of sulfone groups is 1. The summed E-state index contributed by atoms with van der Waals surface area (Å²) in [5, 5.41) is 13.1. The average molecular weight is 338 g/mol. The lowest BCUT2D eigenvalue weighted by Crippen LogP contribution is -2.26. The van der Waals surface area contributed by atoms with Gasteiger partial charge in [0.1, 0.15) is 4.92 Å². The third kappa shape index (κ3) is 3.95. The van der Waals surface area contributed by atoms with Gasteiger partial charge in [0.2, 0.25) is 0 Å². The second kappa shape index (κ2) is 6.21. The van der Waals surface area contributed by atoms with Crippen LogP contribution in [0, 0.1) is 10.1 Å². The number of carbonyl (C=O) groups is 1. The molecular weight excluding hydrogens is 324 g/mol. The van der Waals surface area contributed by atoms with E-state index in [1.807, 2.05) is 0 Å². The Balaban J connectivity index is 2.10. The number of nitrogens with one attached hydrogen (secondary N) is 1. The summed E-state index contributed by atoms with van der Waals surface area (Å²) in [7, 11) is -3.28. The largest absolute Gasteiger partial charge is 0.433 e. The normalized spacial score (nSPS) is 12.6. The second-order valence-corrected chi connectivity index (χ2v) is 6.95. The van der Waals surface area contributed by atoms with Crippen LogP contribution in [0.5, 0.6) is 0 Å². The van der Waals surface area contributed by atoms with Crippen molar-refractivity contribution in [1.82, 2.24) is 5.32 Å². The van der Waals surface area contributed by atoms with Gasteiger partial charge in [-0.3, -0.25) is 14.9 Å². The number of hydrogen-bond donors (Lipinski definition) is 1. The molecule has 1 atom stereocenters. The fourth-order valence-corrected chi connectivity index (χ4v) is 2.53. The molecule has 0 radical (unpaired) electrons. The Morgan fingerprint density at radius 1 is 1.22 bits per heavy atom. The fourth-order valence-electron chi connectivity index (χ4n) is 1.90. The highest BCUT2D eigenvalue weighted by atomic mass is 32.2. The highest BCUT2D eigenvalue weighted by Crippen LogP contribution is 2.19. The number of nitro groups is 1. The van der Waals surface area contributed by atoms with Gasteiger partial charge in [0.25, 0.3) is 5.91 Å². The molecule has 2 aromatic rings. The van der Waals surface area contributed by atoms with Crippen LogP contribution in [0.2, 0.25) is 0 Å². The summed E-state index contributed by atoms with van der Waals surface area (Å²) in [6, 6.07) is 7.96. The van der Waals surface area contributed by atoms with E-state index in [0.717, 1.165) is 12.3 Å². The molecule has 2 rings (SSSR count). The first-order chi connectivity index (χ1) is 10.7. The van der Waals surface area contributed by atoms with E-state index in [0.29, 0.717) is 5.56 Å². The molecule has 0 bridgehead atoms. The van der Waals surface area contributed by atoms with Gasteiger partial charge in [0.15, 0.2) is 15.6 Å². The smallest absolute Gasteiger partial charge is 0.395 e. The second-order valence-electron chi connectivity index (χ2n) is 4.93. The van der Waals surface area contributed by atoms with Crippen molar-refractivity contribution in [3.63, 3.8) is 0 Å². The molecule has 1 aromatic heterocycles. The van der Waals surface area contributed by atoms with Crippen molar-refractivity contribution in [2.24, 2.45) is 0 Å². The Bertz CT molecular complexity index is 838. The number of furan rings is 1. The van der Waals surface area contributed by atoms with E-state index in [1.165, 1.54) is 18.2 Å². The minimum atomic E-state index is -3.28. The van der Waals surface area contributed by atoms with E-state index in [-0.39, 0.29) is 10.7 Å². The van der Waals surface area contributed by atoms with Crippen molar-refractivity contribution in [2.45, 2.75) is 17.9 Å². The molecule has 0 aliphatic carbocycles. The van der Waals surface area contributed by atoms with Crippen LogP contribution in [0.3, 0.4) is 0 Å². The zero-order valence-corrected chi connectivity index (χ0v) is 13.2. The number of carbonyl (C=O) groups excluding carboxylic acids is 1. The summed E-state index contributed by atoms with van der Waals surface area (Å²) in [5.74, 6) is -1.28. The molecule has 0 saturated heterocycles. The predicted molar refractivity (Wildman–Crippen MR) is 80.8 cm³/mol. The zero-order chi connectivity index (χ0) is 17.2. The van der Waals surface area contributed by atoms with Gasteiger partial charge < -0.3 is 9.73 Å². The van der Waals surface area contributed by atoms with Crippen LogP contribution >= 0.6 is 0 Å². The van der Waals surface area contributed by atoms with Crippen molar-refractivity contribution in [3.8, 4) is 0 Å². The van der Waals surface area contributed by atoms with Crippen LogP contribution in [0.1, 0.15) is 29.1 Å². The molecule has 0 aliphatic heterocycles. The third-order valence-corrected chi connectivity index (χ3v) is 4.28. The summed E-state index contributed by atoms with van der Waals surface area (Å²) in [4.78, 5) is 21.9.